The first kappa shape index (κ1) is 32.0. The van der Waals surface area contributed by atoms with E-state index in [9.17, 15) is 30.3 Å². The topological polar surface area (TPSA) is 149 Å². The van der Waals surface area contributed by atoms with Crippen LogP contribution in [0.15, 0.2) is 12.2 Å². The highest BCUT2D eigenvalue weighted by atomic mass is 16.7. The predicted molar refractivity (Wildman–Crippen MR) is 134 cm³/mol. The Morgan fingerprint density at radius 3 is 2.06 bits per heavy atom. The van der Waals surface area contributed by atoms with Gasteiger partial charge in [-0.25, -0.2) is 0 Å². The Kier molecular flexibility index (Phi) is 17.4. The molecule has 0 aromatic rings. The van der Waals surface area contributed by atoms with E-state index in [4.69, 9.17) is 9.47 Å². The van der Waals surface area contributed by atoms with Crippen molar-refractivity contribution < 1.29 is 39.8 Å². The minimum absolute atomic E-state index is 0.202. The van der Waals surface area contributed by atoms with Crippen molar-refractivity contribution in [2.45, 2.75) is 134 Å². The summed E-state index contributed by atoms with van der Waals surface area (Å²) in [5.74, 6) is -0.356. The van der Waals surface area contributed by atoms with Crippen molar-refractivity contribution in [1.29, 1.82) is 0 Å². The summed E-state index contributed by atoms with van der Waals surface area (Å²) in [4.78, 5) is 11.6. The first-order valence-electron chi connectivity index (χ1n) is 13.4. The molecule has 1 aliphatic rings. The van der Waals surface area contributed by atoms with Gasteiger partial charge in [-0.05, 0) is 12.8 Å². The maximum absolute atomic E-state index is 11.6. The van der Waals surface area contributed by atoms with E-state index < -0.39 is 49.5 Å². The fraction of sp³-hybridized carbons (Fsp3) is 0.885. The van der Waals surface area contributed by atoms with E-state index in [1.165, 1.54) is 64.7 Å². The Labute approximate surface area is 210 Å². The summed E-state index contributed by atoms with van der Waals surface area (Å²) >= 11 is 0. The summed E-state index contributed by atoms with van der Waals surface area (Å²) in [6, 6.07) is -0.798. The molecule has 0 aromatic carbocycles. The lowest BCUT2D eigenvalue weighted by molar-refractivity contribution is -0.302. The second kappa shape index (κ2) is 19.1. The van der Waals surface area contributed by atoms with E-state index in [0.29, 0.717) is 0 Å². The number of allylic oxidation sites excluding steroid dienone is 1. The molecule has 0 spiro atoms. The number of unbranched alkanes of at least 4 members (excludes halogenated alkanes) is 11. The molecule has 35 heavy (non-hydrogen) atoms. The van der Waals surface area contributed by atoms with E-state index in [1.54, 1.807) is 6.08 Å². The Morgan fingerprint density at radius 2 is 1.51 bits per heavy atom. The second-order valence-corrected chi connectivity index (χ2v) is 9.58. The van der Waals surface area contributed by atoms with Gasteiger partial charge < -0.3 is 40.3 Å². The van der Waals surface area contributed by atoms with Gasteiger partial charge in [-0.2, -0.15) is 0 Å². The number of hydrogen-bond acceptors (Lipinski definition) is 8. The van der Waals surface area contributed by atoms with Crippen LogP contribution in [0.3, 0.4) is 0 Å². The summed E-state index contributed by atoms with van der Waals surface area (Å²) < 4.78 is 10.8. The molecule has 0 saturated carbocycles. The lowest BCUT2D eigenvalue weighted by Gasteiger charge is -2.40. The highest BCUT2D eigenvalue weighted by Gasteiger charge is 2.44. The molecule has 0 bridgehead atoms. The molecule has 5 unspecified atom stereocenters. The Morgan fingerprint density at radius 1 is 0.943 bits per heavy atom. The SMILES string of the molecule is CCCCCCCCCCCCC/C=C/[C@@H](O)[C@H](COC1OC(CO)C(O)C(O)C1O)NC(C)=O. The monoisotopic (exact) mass is 503 g/mol. The minimum atomic E-state index is -1.55. The van der Waals surface area contributed by atoms with Crippen LogP contribution in [0.2, 0.25) is 0 Å². The van der Waals surface area contributed by atoms with Crippen molar-refractivity contribution in [3.63, 3.8) is 0 Å². The first-order valence-corrected chi connectivity index (χ1v) is 13.4. The molecular formula is C26H49NO8. The smallest absolute Gasteiger partial charge is 0.217 e. The molecule has 9 nitrogen and oxygen atoms in total. The van der Waals surface area contributed by atoms with Crippen molar-refractivity contribution >= 4 is 5.91 Å². The van der Waals surface area contributed by atoms with Gasteiger partial charge in [-0.15, -0.1) is 0 Å². The zero-order valence-electron chi connectivity index (χ0n) is 21.6. The molecule has 7 atom stereocenters. The van der Waals surface area contributed by atoms with E-state index in [0.717, 1.165) is 19.3 Å². The molecule has 1 rings (SSSR count). The third-order valence-electron chi connectivity index (χ3n) is 6.40. The molecule has 1 amide bonds. The average Bonchev–Trinajstić information content (AvgIpc) is 2.83. The van der Waals surface area contributed by atoms with Gasteiger partial charge in [0.1, 0.15) is 24.4 Å². The Hall–Kier alpha value is -1.07. The van der Waals surface area contributed by atoms with Crippen LogP contribution in [-0.4, -0.2) is 87.5 Å². The Bertz CT molecular complexity index is 574. The zero-order chi connectivity index (χ0) is 26.1. The second-order valence-electron chi connectivity index (χ2n) is 9.58. The lowest BCUT2D eigenvalue weighted by Crippen LogP contribution is -2.60. The summed E-state index contributed by atoms with van der Waals surface area (Å²) in [6.45, 7) is 2.79. The van der Waals surface area contributed by atoms with Crippen molar-refractivity contribution in [3.05, 3.63) is 12.2 Å². The minimum Gasteiger partial charge on any atom is -0.394 e. The number of hydrogen-bond donors (Lipinski definition) is 6. The van der Waals surface area contributed by atoms with E-state index in [-0.39, 0.29) is 12.5 Å². The van der Waals surface area contributed by atoms with Crippen molar-refractivity contribution in [1.82, 2.24) is 5.32 Å². The molecule has 0 aliphatic carbocycles. The van der Waals surface area contributed by atoms with Gasteiger partial charge in [-0.1, -0.05) is 83.3 Å². The van der Waals surface area contributed by atoms with Gasteiger partial charge in [0, 0.05) is 6.92 Å². The fourth-order valence-electron chi connectivity index (χ4n) is 4.19. The molecule has 0 radical (unpaired) electrons. The van der Waals surface area contributed by atoms with Gasteiger partial charge in [0.2, 0.25) is 5.91 Å². The average molecular weight is 504 g/mol. The lowest BCUT2D eigenvalue weighted by atomic mass is 9.99. The van der Waals surface area contributed by atoms with Gasteiger partial charge in [0.25, 0.3) is 0 Å². The third kappa shape index (κ3) is 13.2. The van der Waals surface area contributed by atoms with Crippen molar-refractivity contribution in [3.8, 4) is 0 Å². The molecule has 1 fully saturated rings. The molecule has 1 saturated heterocycles. The summed E-state index contributed by atoms with van der Waals surface area (Å²) in [7, 11) is 0. The molecule has 0 aromatic heterocycles. The van der Waals surface area contributed by atoms with Gasteiger partial charge in [0.15, 0.2) is 6.29 Å². The van der Waals surface area contributed by atoms with Crippen LogP contribution in [-0.2, 0) is 14.3 Å². The number of aliphatic hydroxyl groups excluding tert-OH is 5. The van der Waals surface area contributed by atoms with E-state index >= 15 is 0 Å². The van der Waals surface area contributed by atoms with Crippen LogP contribution in [0.25, 0.3) is 0 Å². The van der Waals surface area contributed by atoms with Crippen LogP contribution in [0.4, 0.5) is 0 Å². The van der Waals surface area contributed by atoms with Gasteiger partial charge in [0.05, 0.1) is 25.4 Å². The van der Waals surface area contributed by atoms with Crippen LogP contribution < -0.4 is 5.32 Å². The molecule has 1 aliphatic heterocycles. The Balaban J connectivity index is 2.31. The van der Waals surface area contributed by atoms with Crippen molar-refractivity contribution in [2.75, 3.05) is 13.2 Å². The predicted octanol–water partition coefficient (Wildman–Crippen LogP) is 1.93. The highest BCUT2D eigenvalue weighted by molar-refractivity contribution is 5.73. The van der Waals surface area contributed by atoms with Gasteiger partial charge >= 0.3 is 0 Å². The van der Waals surface area contributed by atoms with Crippen LogP contribution >= 0.6 is 0 Å². The largest absolute Gasteiger partial charge is 0.394 e. The number of aliphatic hydroxyl groups is 5. The van der Waals surface area contributed by atoms with Gasteiger partial charge in [-0.3, -0.25) is 4.79 Å². The quantitative estimate of drug-likeness (QED) is 0.116. The number of nitrogens with one attached hydrogen (secondary N) is 1. The third-order valence-corrected chi connectivity index (χ3v) is 6.40. The van der Waals surface area contributed by atoms with Crippen LogP contribution in [0.1, 0.15) is 90.9 Å². The molecule has 206 valence electrons. The number of rotatable bonds is 19. The molecule has 1 heterocycles. The zero-order valence-corrected chi connectivity index (χ0v) is 21.6. The first-order chi connectivity index (χ1) is 16.8. The summed E-state index contributed by atoms with van der Waals surface area (Å²) in [5, 5.41) is 52.2. The van der Waals surface area contributed by atoms with Crippen LogP contribution in [0, 0.1) is 0 Å². The maximum Gasteiger partial charge on any atom is 0.217 e. The maximum atomic E-state index is 11.6. The fourth-order valence-corrected chi connectivity index (χ4v) is 4.19. The number of amides is 1. The normalized spacial score (nSPS) is 26.7. The standard InChI is InChI=1S/C26H49NO8/c1-3-4-5-6-7-8-9-10-11-12-13-14-15-16-21(30)20(27-19(2)29)18-34-26-25(33)24(32)23(31)22(17-28)35-26/h15-16,20-26,28,30-33H,3-14,17-18H2,1-2H3,(H,27,29)/b16-15+/t20-,21+,22?,23?,24?,25?,26?/m0/s1. The van der Waals surface area contributed by atoms with Crippen LogP contribution in [0.5, 0.6) is 0 Å². The molecular weight excluding hydrogens is 454 g/mol. The number of carbonyl (C=O) groups excluding carboxylic acids is 1. The highest BCUT2D eigenvalue weighted by Crippen LogP contribution is 2.22. The van der Waals surface area contributed by atoms with E-state index in [1.807, 2.05) is 6.08 Å². The number of ether oxygens (including phenoxy) is 2. The van der Waals surface area contributed by atoms with Crippen molar-refractivity contribution in [2.24, 2.45) is 0 Å². The molecule has 6 N–H and O–H groups in total. The summed E-state index contributed by atoms with van der Waals surface area (Å²) in [5.41, 5.74) is 0. The summed E-state index contributed by atoms with van der Waals surface area (Å²) in [6.07, 6.45) is 10.3. The number of carbonyl (C=O) groups is 1. The van der Waals surface area contributed by atoms with E-state index in [2.05, 4.69) is 12.2 Å². The molecule has 9 heteroatoms.